The van der Waals surface area contributed by atoms with Gasteiger partial charge in [0.05, 0.1) is 0 Å². The predicted octanol–water partition coefficient (Wildman–Crippen LogP) is 1.43. The fourth-order valence-electron chi connectivity index (χ4n) is 0.423. The van der Waals surface area contributed by atoms with Crippen molar-refractivity contribution in [3.8, 4) is 0 Å². The molecule has 0 bridgehead atoms. The molecule has 1 amide bonds. The molecule has 0 aromatic heterocycles. The van der Waals surface area contributed by atoms with Gasteiger partial charge in [-0.3, -0.25) is 4.79 Å². The van der Waals surface area contributed by atoms with Crippen molar-refractivity contribution in [1.29, 1.82) is 0 Å². The molecule has 0 spiro atoms. The van der Waals surface area contributed by atoms with Crippen LogP contribution >= 0.6 is 11.6 Å². The monoisotopic (exact) mass is 233 g/mol. The third-order valence-electron chi connectivity index (χ3n) is 1.04. The van der Waals surface area contributed by atoms with Gasteiger partial charge in [0.15, 0.2) is 6.61 Å². The van der Waals surface area contributed by atoms with E-state index in [-0.39, 0.29) is 0 Å². The van der Waals surface area contributed by atoms with Crippen molar-refractivity contribution in [3.05, 3.63) is 0 Å². The summed E-state index contributed by atoms with van der Waals surface area (Å²) in [5.74, 6) is 0. The molecule has 0 saturated heterocycles. The Labute approximate surface area is 82.4 Å². The predicted molar refractivity (Wildman–Crippen MR) is 40.9 cm³/mol. The minimum atomic E-state index is -4.59. The number of ether oxygens (including phenoxy) is 1. The maximum Gasteiger partial charge on any atom is 0.422 e. The third kappa shape index (κ3) is 6.53. The lowest BCUT2D eigenvalue weighted by atomic mass is 10.4. The molecule has 82 valence electrons. The van der Waals surface area contributed by atoms with E-state index in [9.17, 15) is 22.8 Å². The SMILES string of the molecule is C[C@H](NC(=O)OCC(F)(F)F)C(=O)Cl. The van der Waals surface area contributed by atoms with Crippen molar-refractivity contribution in [2.75, 3.05) is 6.61 Å². The van der Waals surface area contributed by atoms with Crippen LogP contribution < -0.4 is 5.32 Å². The minimum Gasteiger partial charge on any atom is -0.440 e. The molecule has 0 saturated carbocycles. The largest absolute Gasteiger partial charge is 0.440 e. The Hall–Kier alpha value is -0.980. The van der Waals surface area contributed by atoms with Crippen LogP contribution in [0.4, 0.5) is 18.0 Å². The van der Waals surface area contributed by atoms with Crippen LogP contribution in [0.5, 0.6) is 0 Å². The Balaban J connectivity index is 3.83. The second-order valence-electron chi connectivity index (χ2n) is 2.36. The highest BCUT2D eigenvalue weighted by atomic mass is 35.5. The number of nitrogens with one attached hydrogen (secondary N) is 1. The number of halogens is 4. The average Bonchev–Trinajstić information content (AvgIpc) is 1.99. The second kappa shape index (κ2) is 5.04. The molecular weight excluding hydrogens is 227 g/mol. The van der Waals surface area contributed by atoms with Crippen molar-refractivity contribution < 1.29 is 27.5 Å². The van der Waals surface area contributed by atoms with Crippen LogP contribution in [0.3, 0.4) is 0 Å². The van der Waals surface area contributed by atoms with Crippen molar-refractivity contribution in [1.82, 2.24) is 5.32 Å². The molecule has 14 heavy (non-hydrogen) atoms. The standard InChI is InChI=1S/C6H7ClF3NO3/c1-3(4(7)12)11-5(13)14-2-6(8,9)10/h3H,2H2,1H3,(H,11,13)/t3-/m0/s1. The fourth-order valence-corrected chi connectivity index (χ4v) is 0.477. The summed E-state index contributed by atoms with van der Waals surface area (Å²) in [5.41, 5.74) is 0. The summed E-state index contributed by atoms with van der Waals surface area (Å²) >= 11 is 4.93. The number of rotatable bonds is 3. The Morgan fingerprint density at radius 2 is 2.00 bits per heavy atom. The molecule has 0 aliphatic heterocycles. The van der Waals surface area contributed by atoms with E-state index >= 15 is 0 Å². The van der Waals surface area contributed by atoms with Crippen LogP contribution in [0.25, 0.3) is 0 Å². The van der Waals surface area contributed by atoms with Crippen molar-refractivity contribution in [2.24, 2.45) is 0 Å². The first-order valence-corrected chi connectivity index (χ1v) is 3.79. The summed E-state index contributed by atoms with van der Waals surface area (Å²) < 4.78 is 38.3. The van der Waals surface area contributed by atoms with Crippen molar-refractivity contribution >= 4 is 22.9 Å². The Bertz CT molecular complexity index is 231. The molecule has 0 aromatic rings. The minimum absolute atomic E-state index is 0.894. The maximum atomic E-state index is 11.5. The first-order chi connectivity index (χ1) is 6.22. The first-order valence-electron chi connectivity index (χ1n) is 3.42. The Kier molecular flexibility index (Phi) is 4.69. The molecule has 0 rings (SSSR count). The smallest absolute Gasteiger partial charge is 0.422 e. The van der Waals surface area contributed by atoms with E-state index in [1.807, 2.05) is 5.32 Å². The summed E-state index contributed by atoms with van der Waals surface area (Å²) in [7, 11) is 0. The van der Waals surface area contributed by atoms with E-state index in [1.165, 1.54) is 6.92 Å². The lowest BCUT2D eigenvalue weighted by Gasteiger charge is -2.11. The van der Waals surface area contributed by atoms with E-state index < -0.39 is 30.2 Å². The maximum absolute atomic E-state index is 11.5. The van der Waals surface area contributed by atoms with Crippen LogP contribution in [0.15, 0.2) is 0 Å². The molecule has 4 nitrogen and oxygen atoms in total. The number of amides is 1. The normalized spacial score (nSPS) is 13.2. The molecule has 0 unspecified atom stereocenters. The summed E-state index contributed by atoms with van der Waals surface area (Å²) in [5, 5.41) is 0.915. The van der Waals surface area contributed by atoms with Gasteiger partial charge in [-0.1, -0.05) is 0 Å². The molecule has 0 aliphatic rings. The zero-order valence-electron chi connectivity index (χ0n) is 7.02. The fraction of sp³-hybridized carbons (Fsp3) is 0.667. The molecule has 0 heterocycles. The van der Waals surface area contributed by atoms with Gasteiger partial charge in [0.2, 0.25) is 5.24 Å². The molecule has 0 aliphatic carbocycles. The highest BCUT2D eigenvalue weighted by Crippen LogP contribution is 2.14. The number of alkyl carbamates (subject to hydrolysis) is 1. The highest BCUT2D eigenvalue weighted by Gasteiger charge is 2.30. The number of hydrogen-bond donors (Lipinski definition) is 1. The molecular formula is C6H7ClF3NO3. The van der Waals surface area contributed by atoms with Gasteiger partial charge in [-0.2, -0.15) is 13.2 Å². The van der Waals surface area contributed by atoms with Gasteiger partial charge in [-0.15, -0.1) is 0 Å². The highest BCUT2D eigenvalue weighted by molar-refractivity contribution is 6.64. The second-order valence-corrected chi connectivity index (χ2v) is 2.73. The van der Waals surface area contributed by atoms with Crippen molar-refractivity contribution in [3.63, 3.8) is 0 Å². The quantitative estimate of drug-likeness (QED) is 0.751. The molecule has 0 fully saturated rings. The number of alkyl halides is 3. The van der Waals surface area contributed by atoms with E-state index in [2.05, 4.69) is 4.74 Å². The van der Waals surface area contributed by atoms with E-state index in [4.69, 9.17) is 11.6 Å². The van der Waals surface area contributed by atoms with E-state index in [0.29, 0.717) is 0 Å². The van der Waals surface area contributed by atoms with Crippen molar-refractivity contribution in [2.45, 2.75) is 19.1 Å². The van der Waals surface area contributed by atoms with Gasteiger partial charge in [0.1, 0.15) is 6.04 Å². The van der Waals surface area contributed by atoms with Gasteiger partial charge in [0.25, 0.3) is 0 Å². The summed E-state index contributed by atoms with van der Waals surface area (Å²) in [6.07, 6.45) is -5.94. The summed E-state index contributed by atoms with van der Waals surface area (Å²) in [6, 6.07) is -1.09. The van der Waals surface area contributed by atoms with Gasteiger partial charge >= 0.3 is 12.3 Å². The van der Waals surface area contributed by atoms with Crippen LogP contribution in [0.1, 0.15) is 6.92 Å². The third-order valence-corrected chi connectivity index (χ3v) is 1.37. The van der Waals surface area contributed by atoms with Crippen LogP contribution in [0.2, 0.25) is 0 Å². The summed E-state index contributed by atoms with van der Waals surface area (Å²) in [4.78, 5) is 20.9. The zero-order valence-corrected chi connectivity index (χ0v) is 7.78. The van der Waals surface area contributed by atoms with Gasteiger partial charge < -0.3 is 10.1 Å². The molecule has 1 N–H and O–H groups in total. The van der Waals surface area contributed by atoms with Crippen LogP contribution in [-0.4, -0.2) is 30.2 Å². The van der Waals surface area contributed by atoms with Crippen LogP contribution in [-0.2, 0) is 9.53 Å². The topological polar surface area (TPSA) is 55.4 Å². The lowest BCUT2D eigenvalue weighted by Crippen LogP contribution is -2.38. The molecule has 8 heteroatoms. The van der Waals surface area contributed by atoms with E-state index in [1.54, 1.807) is 0 Å². The number of hydrogen-bond acceptors (Lipinski definition) is 3. The number of carbonyl (C=O) groups is 2. The zero-order chi connectivity index (χ0) is 11.4. The molecule has 1 atom stereocenters. The molecule has 0 aromatic carbocycles. The Morgan fingerprint density at radius 3 is 2.36 bits per heavy atom. The van der Waals surface area contributed by atoms with Gasteiger partial charge in [-0.05, 0) is 18.5 Å². The van der Waals surface area contributed by atoms with E-state index in [0.717, 1.165) is 0 Å². The first kappa shape index (κ1) is 13.0. The molecule has 0 radical (unpaired) electrons. The van der Waals surface area contributed by atoms with Crippen LogP contribution in [0, 0.1) is 0 Å². The van der Waals surface area contributed by atoms with Gasteiger partial charge in [-0.25, -0.2) is 4.79 Å². The summed E-state index contributed by atoms with van der Waals surface area (Å²) in [6.45, 7) is -0.494. The number of carbonyl (C=O) groups excluding carboxylic acids is 2. The average molecular weight is 234 g/mol. The Morgan fingerprint density at radius 1 is 1.50 bits per heavy atom. The lowest BCUT2D eigenvalue weighted by molar-refractivity contribution is -0.160. The van der Waals surface area contributed by atoms with Gasteiger partial charge in [0, 0.05) is 0 Å².